The van der Waals surface area contributed by atoms with E-state index in [2.05, 4.69) is 27.2 Å². The number of nitrogens with one attached hydrogen (secondary N) is 4. The molecule has 0 bridgehead atoms. The van der Waals surface area contributed by atoms with Crippen molar-refractivity contribution in [1.29, 1.82) is 0 Å². The molecule has 1 aromatic heterocycles. The molecule has 1 aliphatic rings. The predicted octanol–water partition coefficient (Wildman–Crippen LogP) is 1.94. The van der Waals surface area contributed by atoms with Crippen molar-refractivity contribution in [3.05, 3.63) is 35.5 Å². The Morgan fingerprint density at radius 3 is 2.58 bits per heavy atom. The first-order chi connectivity index (χ1) is 11.3. The molecule has 24 heavy (non-hydrogen) atoms. The molecule has 1 aliphatic heterocycles. The lowest BCUT2D eigenvalue weighted by Crippen LogP contribution is -2.55. The van der Waals surface area contributed by atoms with Gasteiger partial charge in [-0.3, -0.25) is 25.8 Å². The molecule has 6 nitrogen and oxygen atoms in total. The van der Waals surface area contributed by atoms with Crippen molar-refractivity contribution in [2.45, 2.75) is 46.2 Å². The van der Waals surface area contributed by atoms with Crippen molar-refractivity contribution in [3.63, 3.8) is 0 Å². The standard InChI is InChI=1S/C18H24N4O2/c1-10-15-12(11-7-5-6-8-13(11)20-15)9-14(19-10)16(23)21-22-17(24)18(2,3)4/h5-8,10,14,19-20H,9H2,1-4H3,(H,21,23)(H,22,24)/t10-,14-/m0/s1. The third kappa shape index (κ3) is 3.01. The van der Waals surface area contributed by atoms with Gasteiger partial charge in [-0.1, -0.05) is 39.0 Å². The highest BCUT2D eigenvalue weighted by atomic mass is 16.2. The van der Waals surface area contributed by atoms with Crippen LogP contribution < -0.4 is 16.2 Å². The Balaban J connectivity index is 1.75. The number of aromatic amines is 1. The third-order valence-electron chi connectivity index (χ3n) is 4.44. The quantitative estimate of drug-likeness (QED) is 0.604. The number of aromatic nitrogens is 1. The summed E-state index contributed by atoms with van der Waals surface area (Å²) in [6.45, 7) is 7.43. The van der Waals surface area contributed by atoms with Gasteiger partial charge < -0.3 is 4.98 Å². The smallest absolute Gasteiger partial charge is 0.255 e. The Morgan fingerprint density at radius 1 is 1.17 bits per heavy atom. The first kappa shape index (κ1) is 16.5. The van der Waals surface area contributed by atoms with E-state index in [1.807, 2.05) is 25.1 Å². The SMILES string of the molecule is C[C@@H]1N[C@H](C(=O)NNC(=O)C(C)(C)C)Cc2c1[nH]c1ccccc21. The molecular weight excluding hydrogens is 304 g/mol. The van der Waals surface area contributed by atoms with E-state index in [4.69, 9.17) is 0 Å². The molecule has 6 heteroatoms. The van der Waals surface area contributed by atoms with Gasteiger partial charge in [0.2, 0.25) is 5.91 Å². The highest BCUT2D eigenvalue weighted by Crippen LogP contribution is 2.31. The van der Waals surface area contributed by atoms with Crippen molar-refractivity contribution in [3.8, 4) is 0 Å². The van der Waals surface area contributed by atoms with E-state index in [1.54, 1.807) is 20.8 Å². The van der Waals surface area contributed by atoms with Crippen LogP contribution in [0.5, 0.6) is 0 Å². The molecule has 2 aromatic rings. The van der Waals surface area contributed by atoms with Gasteiger partial charge in [0, 0.05) is 28.1 Å². The van der Waals surface area contributed by atoms with Gasteiger partial charge >= 0.3 is 0 Å². The minimum Gasteiger partial charge on any atom is -0.357 e. The Morgan fingerprint density at radius 2 is 1.88 bits per heavy atom. The predicted molar refractivity (Wildman–Crippen MR) is 93.1 cm³/mol. The van der Waals surface area contributed by atoms with E-state index >= 15 is 0 Å². The van der Waals surface area contributed by atoms with Crippen LogP contribution in [0.25, 0.3) is 10.9 Å². The maximum absolute atomic E-state index is 12.4. The molecule has 0 radical (unpaired) electrons. The number of benzene rings is 1. The maximum Gasteiger partial charge on any atom is 0.255 e. The van der Waals surface area contributed by atoms with Crippen LogP contribution >= 0.6 is 0 Å². The summed E-state index contributed by atoms with van der Waals surface area (Å²) in [4.78, 5) is 27.8. The molecule has 0 unspecified atom stereocenters. The van der Waals surface area contributed by atoms with Crippen molar-refractivity contribution < 1.29 is 9.59 Å². The third-order valence-corrected chi connectivity index (χ3v) is 4.44. The zero-order valence-electron chi connectivity index (χ0n) is 14.5. The number of H-pyrrole nitrogens is 1. The van der Waals surface area contributed by atoms with Crippen LogP contribution in [-0.4, -0.2) is 22.8 Å². The van der Waals surface area contributed by atoms with Crippen LogP contribution in [0.4, 0.5) is 0 Å². The normalized spacial score (nSPS) is 20.5. The highest BCUT2D eigenvalue weighted by Gasteiger charge is 2.31. The molecule has 0 fully saturated rings. The van der Waals surface area contributed by atoms with E-state index in [-0.39, 0.29) is 23.9 Å². The summed E-state index contributed by atoms with van der Waals surface area (Å²) in [5.74, 6) is -0.442. The van der Waals surface area contributed by atoms with Gasteiger partial charge in [-0.2, -0.15) is 0 Å². The number of rotatable bonds is 1. The number of hydrogen-bond donors (Lipinski definition) is 4. The number of carbonyl (C=O) groups is 2. The van der Waals surface area contributed by atoms with Crippen LogP contribution in [0, 0.1) is 5.41 Å². The van der Waals surface area contributed by atoms with Gasteiger partial charge in [0.1, 0.15) is 0 Å². The summed E-state index contributed by atoms with van der Waals surface area (Å²) in [5, 5.41) is 4.45. The van der Waals surface area contributed by atoms with Gasteiger partial charge in [0.15, 0.2) is 0 Å². The lowest BCUT2D eigenvalue weighted by molar-refractivity contribution is -0.134. The van der Waals surface area contributed by atoms with Crippen molar-refractivity contribution in [2.75, 3.05) is 0 Å². The maximum atomic E-state index is 12.4. The van der Waals surface area contributed by atoms with Gasteiger partial charge in [-0.15, -0.1) is 0 Å². The highest BCUT2D eigenvalue weighted by molar-refractivity contribution is 5.90. The first-order valence-corrected chi connectivity index (χ1v) is 8.23. The van der Waals surface area contributed by atoms with E-state index in [0.29, 0.717) is 6.42 Å². The molecule has 0 spiro atoms. The number of carbonyl (C=O) groups excluding carboxylic acids is 2. The molecule has 3 rings (SSSR count). The van der Waals surface area contributed by atoms with Crippen LogP contribution in [-0.2, 0) is 16.0 Å². The lowest BCUT2D eigenvalue weighted by atomic mass is 9.94. The monoisotopic (exact) mass is 328 g/mol. The van der Waals surface area contributed by atoms with Gasteiger partial charge in [-0.05, 0) is 25.0 Å². The average Bonchev–Trinajstić information content (AvgIpc) is 2.90. The molecule has 2 heterocycles. The number of hydrazine groups is 1. The molecule has 0 saturated carbocycles. The van der Waals surface area contributed by atoms with Crippen LogP contribution in [0.15, 0.2) is 24.3 Å². The molecule has 2 amide bonds. The Hall–Kier alpha value is -2.34. The Bertz CT molecular complexity index is 788. The largest absolute Gasteiger partial charge is 0.357 e. The molecule has 1 aromatic carbocycles. The van der Waals surface area contributed by atoms with Gasteiger partial charge in [0.25, 0.3) is 5.91 Å². The second kappa shape index (κ2) is 5.94. The molecule has 4 N–H and O–H groups in total. The van der Waals surface area contributed by atoms with Crippen molar-refractivity contribution in [2.24, 2.45) is 5.41 Å². The minimum absolute atomic E-state index is 0.0372. The van der Waals surface area contributed by atoms with Crippen LogP contribution in [0.1, 0.15) is 45.0 Å². The van der Waals surface area contributed by atoms with Crippen LogP contribution in [0.2, 0.25) is 0 Å². The number of amides is 2. The average molecular weight is 328 g/mol. The zero-order valence-corrected chi connectivity index (χ0v) is 14.5. The van der Waals surface area contributed by atoms with E-state index in [9.17, 15) is 9.59 Å². The summed E-state index contributed by atoms with van der Waals surface area (Å²) < 4.78 is 0. The number of fused-ring (bicyclic) bond motifs is 3. The van der Waals surface area contributed by atoms with Gasteiger partial charge in [-0.25, -0.2) is 0 Å². The fourth-order valence-corrected chi connectivity index (χ4v) is 3.02. The van der Waals surface area contributed by atoms with Gasteiger partial charge in [0.05, 0.1) is 6.04 Å². The molecule has 2 atom stereocenters. The zero-order chi connectivity index (χ0) is 17.5. The molecule has 128 valence electrons. The first-order valence-electron chi connectivity index (χ1n) is 8.23. The topological polar surface area (TPSA) is 86.0 Å². The summed E-state index contributed by atoms with van der Waals surface area (Å²) in [6.07, 6.45) is 0.584. The van der Waals surface area contributed by atoms with Crippen molar-refractivity contribution >= 4 is 22.7 Å². The van der Waals surface area contributed by atoms with Crippen LogP contribution in [0.3, 0.4) is 0 Å². The van der Waals surface area contributed by atoms with E-state index < -0.39 is 5.41 Å². The Kier molecular flexibility index (Phi) is 4.09. The molecule has 0 aliphatic carbocycles. The number of hydrogen-bond acceptors (Lipinski definition) is 3. The minimum atomic E-state index is -0.551. The van der Waals surface area contributed by atoms with E-state index in [0.717, 1.165) is 16.6 Å². The molecular formula is C18H24N4O2. The second-order valence-electron chi connectivity index (χ2n) is 7.40. The lowest BCUT2D eigenvalue weighted by Gasteiger charge is -2.29. The van der Waals surface area contributed by atoms with E-state index in [1.165, 1.54) is 5.56 Å². The Labute approximate surface area is 141 Å². The second-order valence-corrected chi connectivity index (χ2v) is 7.40. The summed E-state index contributed by atoms with van der Waals surface area (Å²) >= 11 is 0. The van der Waals surface area contributed by atoms with Crippen molar-refractivity contribution in [1.82, 2.24) is 21.2 Å². The summed E-state index contributed by atoms with van der Waals surface area (Å²) in [6, 6.07) is 7.76. The summed E-state index contributed by atoms with van der Waals surface area (Å²) in [7, 11) is 0. The fourth-order valence-electron chi connectivity index (χ4n) is 3.02. The summed E-state index contributed by atoms with van der Waals surface area (Å²) in [5.41, 5.74) is 7.86. The fraction of sp³-hybridized carbons (Fsp3) is 0.444. The molecule has 0 saturated heterocycles. The number of para-hydroxylation sites is 1.